The van der Waals surface area contributed by atoms with Gasteiger partial charge in [0.15, 0.2) is 0 Å². The van der Waals surface area contributed by atoms with Crippen LogP contribution in [0.5, 0.6) is 0 Å². The molecule has 0 saturated carbocycles. The second kappa shape index (κ2) is 7.99. The molecule has 0 atom stereocenters. The van der Waals surface area contributed by atoms with Crippen molar-refractivity contribution in [3.63, 3.8) is 0 Å². The molecule has 0 aliphatic heterocycles. The van der Waals surface area contributed by atoms with Gasteiger partial charge in [-0.05, 0) is 28.7 Å². The third-order valence-electron chi connectivity index (χ3n) is 3.48. The van der Waals surface area contributed by atoms with Gasteiger partial charge in [-0.1, -0.05) is 85.4 Å². The molecule has 1 aromatic rings. The summed E-state index contributed by atoms with van der Waals surface area (Å²) in [5.41, 5.74) is 5.84. The molecule has 0 fully saturated rings. The minimum Gasteiger partial charge on any atom is -0.0987 e. The van der Waals surface area contributed by atoms with E-state index in [0.717, 1.165) is 6.42 Å². The molecule has 0 amide bonds. The minimum atomic E-state index is 0.129. The maximum atomic E-state index is 3.96. The van der Waals surface area contributed by atoms with E-state index in [0.29, 0.717) is 0 Å². The zero-order chi connectivity index (χ0) is 15.1. The number of benzene rings is 1. The van der Waals surface area contributed by atoms with Crippen LogP contribution in [0.2, 0.25) is 0 Å². The Labute approximate surface area is 120 Å². The van der Waals surface area contributed by atoms with Gasteiger partial charge in [0.1, 0.15) is 0 Å². The molecule has 0 radical (unpaired) electrons. The van der Waals surface area contributed by atoms with Crippen LogP contribution < -0.4 is 0 Å². The first kappa shape index (κ1) is 17.7. The Balaban J connectivity index is 0.000000741. The van der Waals surface area contributed by atoms with Crippen LogP contribution in [0.3, 0.4) is 0 Å². The van der Waals surface area contributed by atoms with Crippen molar-refractivity contribution in [2.75, 3.05) is 0 Å². The predicted octanol–water partition coefficient (Wildman–Crippen LogP) is 6.38. The monoisotopic (exact) mass is 258 g/mol. The van der Waals surface area contributed by atoms with Crippen LogP contribution in [0.4, 0.5) is 0 Å². The molecule has 0 heterocycles. The summed E-state index contributed by atoms with van der Waals surface area (Å²) in [5.74, 6) is 0. The van der Waals surface area contributed by atoms with Gasteiger partial charge in [0.05, 0.1) is 0 Å². The van der Waals surface area contributed by atoms with E-state index in [1.807, 2.05) is 33.8 Å². The quantitative estimate of drug-likeness (QED) is 0.577. The Bertz CT molecular complexity index is 433. The maximum Gasteiger partial charge on any atom is 0.0155 e. The number of allylic oxidation sites excluding steroid dienone is 3. The molecule has 1 aliphatic carbocycles. The minimum absolute atomic E-state index is 0.129. The molecule has 0 unspecified atom stereocenters. The second-order valence-electron chi connectivity index (χ2n) is 4.62. The Morgan fingerprint density at radius 1 is 1.05 bits per heavy atom. The summed E-state index contributed by atoms with van der Waals surface area (Å²) < 4.78 is 0. The highest BCUT2D eigenvalue weighted by atomic mass is 14.4. The van der Waals surface area contributed by atoms with E-state index in [1.54, 1.807) is 0 Å². The van der Waals surface area contributed by atoms with E-state index in [-0.39, 0.29) is 5.41 Å². The summed E-state index contributed by atoms with van der Waals surface area (Å²) in [6.07, 6.45) is 3.11. The van der Waals surface area contributed by atoms with Crippen LogP contribution in [-0.2, 0) is 5.41 Å². The van der Waals surface area contributed by atoms with Crippen LogP contribution in [0, 0.1) is 0 Å². The molecule has 19 heavy (non-hydrogen) atoms. The first-order chi connectivity index (χ1) is 9.12. The van der Waals surface area contributed by atoms with E-state index in [4.69, 9.17) is 0 Å². The highest BCUT2D eigenvalue weighted by molar-refractivity contribution is 5.81. The van der Waals surface area contributed by atoms with Crippen LogP contribution in [-0.4, -0.2) is 0 Å². The second-order valence-corrected chi connectivity index (χ2v) is 4.62. The van der Waals surface area contributed by atoms with Gasteiger partial charge in [0, 0.05) is 5.41 Å². The Hall–Kier alpha value is -1.30. The average molecular weight is 258 g/mol. The molecule has 0 saturated heterocycles. The fraction of sp³-hybridized carbons (Fsp3) is 0.474. The zero-order valence-corrected chi connectivity index (χ0v) is 13.8. The van der Waals surface area contributed by atoms with Crippen molar-refractivity contribution in [2.24, 2.45) is 0 Å². The van der Waals surface area contributed by atoms with Gasteiger partial charge in [0.2, 0.25) is 0 Å². The van der Waals surface area contributed by atoms with Crippen LogP contribution in [0.1, 0.15) is 66.0 Å². The molecule has 0 bridgehead atoms. The lowest BCUT2D eigenvalue weighted by atomic mass is 9.81. The average Bonchev–Trinajstić information content (AvgIpc) is 2.70. The molecule has 0 nitrogen and oxygen atoms in total. The SMILES string of the molecule is C=CC1=C(CC)c2ccccc2C1(C)C.CC.CC. The number of hydrogen-bond donors (Lipinski definition) is 0. The summed E-state index contributed by atoms with van der Waals surface area (Å²) in [5, 5.41) is 0. The zero-order valence-electron chi connectivity index (χ0n) is 13.8. The molecular formula is C19H30. The van der Waals surface area contributed by atoms with Gasteiger partial charge < -0.3 is 0 Å². The molecule has 1 aromatic carbocycles. The fourth-order valence-corrected chi connectivity index (χ4v) is 2.72. The summed E-state index contributed by atoms with van der Waals surface area (Å²) >= 11 is 0. The Morgan fingerprint density at radius 3 is 2.05 bits per heavy atom. The normalized spacial score (nSPS) is 14.7. The van der Waals surface area contributed by atoms with E-state index in [2.05, 4.69) is 51.6 Å². The summed E-state index contributed by atoms with van der Waals surface area (Å²) in [6, 6.07) is 8.71. The van der Waals surface area contributed by atoms with Crippen molar-refractivity contribution in [3.05, 3.63) is 53.6 Å². The summed E-state index contributed by atoms with van der Waals surface area (Å²) in [4.78, 5) is 0. The summed E-state index contributed by atoms with van der Waals surface area (Å²) in [6.45, 7) is 18.7. The van der Waals surface area contributed by atoms with E-state index in [9.17, 15) is 0 Å². The van der Waals surface area contributed by atoms with Crippen molar-refractivity contribution < 1.29 is 0 Å². The highest BCUT2D eigenvalue weighted by Crippen LogP contribution is 2.47. The van der Waals surface area contributed by atoms with Crippen molar-refractivity contribution >= 4 is 5.57 Å². The van der Waals surface area contributed by atoms with Crippen molar-refractivity contribution in [1.29, 1.82) is 0 Å². The maximum absolute atomic E-state index is 3.96. The topological polar surface area (TPSA) is 0 Å². The Morgan fingerprint density at radius 2 is 1.58 bits per heavy atom. The van der Waals surface area contributed by atoms with Crippen LogP contribution in [0.25, 0.3) is 5.57 Å². The van der Waals surface area contributed by atoms with Gasteiger partial charge in [-0.3, -0.25) is 0 Å². The first-order valence-electron chi connectivity index (χ1n) is 7.58. The lowest BCUT2D eigenvalue weighted by Gasteiger charge is -2.22. The molecule has 1 aliphatic rings. The molecule has 0 spiro atoms. The van der Waals surface area contributed by atoms with Crippen molar-refractivity contribution in [1.82, 2.24) is 0 Å². The smallest absolute Gasteiger partial charge is 0.0155 e. The third-order valence-corrected chi connectivity index (χ3v) is 3.48. The first-order valence-corrected chi connectivity index (χ1v) is 7.58. The number of hydrogen-bond acceptors (Lipinski definition) is 0. The Kier molecular flexibility index (Phi) is 7.44. The van der Waals surface area contributed by atoms with Gasteiger partial charge in [-0.2, -0.15) is 0 Å². The molecule has 106 valence electrons. The van der Waals surface area contributed by atoms with Gasteiger partial charge in [0.25, 0.3) is 0 Å². The standard InChI is InChI=1S/C15H18.2C2H6/c1-5-11-12-9-7-8-10-14(12)15(3,4)13(11)6-2;2*1-2/h6-10H,2,5H2,1,3-4H3;2*1-2H3. The number of fused-ring (bicyclic) bond motifs is 1. The van der Waals surface area contributed by atoms with Crippen LogP contribution >= 0.6 is 0 Å². The van der Waals surface area contributed by atoms with Crippen molar-refractivity contribution in [3.8, 4) is 0 Å². The van der Waals surface area contributed by atoms with E-state index >= 15 is 0 Å². The van der Waals surface area contributed by atoms with Gasteiger partial charge >= 0.3 is 0 Å². The lowest BCUT2D eigenvalue weighted by Crippen LogP contribution is -2.15. The van der Waals surface area contributed by atoms with Crippen LogP contribution in [0.15, 0.2) is 42.5 Å². The van der Waals surface area contributed by atoms with Gasteiger partial charge in [-0.15, -0.1) is 0 Å². The lowest BCUT2D eigenvalue weighted by molar-refractivity contribution is 0.654. The van der Waals surface area contributed by atoms with Gasteiger partial charge in [-0.25, -0.2) is 0 Å². The predicted molar refractivity (Wildman–Crippen MR) is 89.6 cm³/mol. The van der Waals surface area contributed by atoms with E-state index < -0.39 is 0 Å². The molecule has 0 aromatic heterocycles. The molecule has 0 N–H and O–H groups in total. The van der Waals surface area contributed by atoms with E-state index in [1.165, 1.54) is 22.3 Å². The molecule has 0 heteroatoms. The molecular weight excluding hydrogens is 228 g/mol. The fourth-order valence-electron chi connectivity index (χ4n) is 2.72. The summed E-state index contributed by atoms with van der Waals surface area (Å²) in [7, 11) is 0. The third kappa shape index (κ3) is 3.18. The largest absolute Gasteiger partial charge is 0.0987 e. The highest BCUT2D eigenvalue weighted by Gasteiger charge is 2.34. The van der Waals surface area contributed by atoms with Crippen molar-refractivity contribution in [2.45, 2.75) is 60.3 Å². The number of rotatable bonds is 2. The molecule has 2 rings (SSSR count).